The molecule has 0 fully saturated rings. The minimum atomic E-state index is -0.189. The number of rotatable bonds is 6. The average molecular weight is 270 g/mol. The molecule has 0 nitrogen and oxygen atoms in total. The second-order valence-electron chi connectivity index (χ2n) is 5.12. The van der Waals surface area contributed by atoms with Crippen LogP contribution < -0.4 is 10.6 Å². The van der Waals surface area contributed by atoms with Gasteiger partial charge in [-0.2, -0.15) is 0 Å². The minimum absolute atomic E-state index is 0.189. The molecule has 0 aliphatic rings. The molecule has 0 bridgehead atoms. The zero-order chi connectivity index (χ0) is 13.5. The summed E-state index contributed by atoms with van der Waals surface area (Å²) < 4.78 is 0. The Balaban J connectivity index is 2.19. The van der Waals surface area contributed by atoms with Gasteiger partial charge in [0.25, 0.3) is 0 Å². The fourth-order valence-electron chi connectivity index (χ4n) is 2.18. The van der Waals surface area contributed by atoms with Crippen LogP contribution in [0.2, 0.25) is 0 Å². The van der Waals surface area contributed by atoms with Crippen LogP contribution in [0.5, 0.6) is 0 Å². The molecule has 1 atom stereocenters. The SMILES string of the molecule is CCC(C)CCP(c1ccccc1)c1ccccc1. The van der Waals surface area contributed by atoms with Crippen molar-refractivity contribution in [3.63, 3.8) is 0 Å². The molecule has 100 valence electrons. The first kappa shape index (κ1) is 14.3. The quantitative estimate of drug-likeness (QED) is 0.675. The first-order valence-corrected chi connectivity index (χ1v) is 8.71. The van der Waals surface area contributed by atoms with Crippen molar-refractivity contribution in [3.05, 3.63) is 60.7 Å². The van der Waals surface area contributed by atoms with Gasteiger partial charge in [0.05, 0.1) is 0 Å². The Morgan fingerprint density at radius 1 is 0.842 bits per heavy atom. The largest absolute Gasteiger partial charge is 0.0651 e. The molecule has 0 heterocycles. The van der Waals surface area contributed by atoms with E-state index in [-0.39, 0.29) is 7.92 Å². The van der Waals surface area contributed by atoms with Gasteiger partial charge >= 0.3 is 0 Å². The maximum absolute atomic E-state index is 2.36. The molecular formula is C18H23P. The highest BCUT2D eigenvalue weighted by molar-refractivity contribution is 7.73. The van der Waals surface area contributed by atoms with Crippen LogP contribution in [0.25, 0.3) is 0 Å². The molecule has 1 heteroatoms. The summed E-state index contributed by atoms with van der Waals surface area (Å²) in [5, 5.41) is 3.01. The first-order chi connectivity index (χ1) is 9.31. The van der Waals surface area contributed by atoms with Crippen molar-refractivity contribution < 1.29 is 0 Å². The van der Waals surface area contributed by atoms with Crippen molar-refractivity contribution in [2.45, 2.75) is 26.7 Å². The Hall–Kier alpha value is -1.13. The fraction of sp³-hybridized carbons (Fsp3) is 0.333. The zero-order valence-corrected chi connectivity index (χ0v) is 12.8. The van der Waals surface area contributed by atoms with Crippen LogP contribution in [0.3, 0.4) is 0 Å². The highest BCUT2D eigenvalue weighted by atomic mass is 31.1. The number of benzene rings is 2. The molecule has 0 amide bonds. The lowest BCUT2D eigenvalue weighted by atomic mass is 10.1. The summed E-state index contributed by atoms with van der Waals surface area (Å²) in [6, 6.07) is 22.0. The van der Waals surface area contributed by atoms with Crippen molar-refractivity contribution in [2.24, 2.45) is 5.92 Å². The number of hydrogen-bond donors (Lipinski definition) is 0. The molecule has 0 aliphatic carbocycles. The molecule has 2 aromatic carbocycles. The maximum Gasteiger partial charge on any atom is -0.0195 e. The van der Waals surface area contributed by atoms with Crippen LogP contribution in [-0.2, 0) is 0 Å². The molecule has 0 spiro atoms. The van der Waals surface area contributed by atoms with E-state index in [2.05, 4.69) is 74.5 Å². The highest BCUT2D eigenvalue weighted by Gasteiger charge is 2.14. The third kappa shape index (κ3) is 4.18. The monoisotopic (exact) mass is 270 g/mol. The summed E-state index contributed by atoms with van der Waals surface area (Å²) in [6.07, 6.45) is 3.91. The van der Waals surface area contributed by atoms with Crippen molar-refractivity contribution >= 4 is 18.5 Å². The van der Waals surface area contributed by atoms with E-state index in [0.29, 0.717) is 0 Å². The van der Waals surface area contributed by atoms with Gasteiger partial charge < -0.3 is 0 Å². The second-order valence-corrected chi connectivity index (χ2v) is 7.46. The van der Waals surface area contributed by atoms with E-state index in [1.165, 1.54) is 29.6 Å². The first-order valence-electron chi connectivity index (χ1n) is 7.19. The summed E-state index contributed by atoms with van der Waals surface area (Å²) in [6.45, 7) is 4.65. The van der Waals surface area contributed by atoms with Crippen LogP contribution in [0, 0.1) is 5.92 Å². The summed E-state index contributed by atoms with van der Waals surface area (Å²) in [4.78, 5) is 0. The van der Waals surface area contributed by atoms with E-state index in [1.54, 1.807) is 0 Å². The molecule has 0 N–H and O–H groups in total. The van der Waals surface area contributed by atoms with Crippen LogP contribution in [-0.4, -0.2) is 6.16 Å². The Labute approximate surface area is 118 Å². The molecule has 1 unspecified atom stereocenters. The zero-order valence-electron chi connectivity index (χ0n) is 11.9. The van der Waals surface area contributed by atoms with Crippen molar-refractivity contribution in [1.29, 1.82) is 0 Å². The van der Waals surface area contributed by atoms with E-state index in [9.17, 15) is 0 Å². The minimum Gasteiger partial charge on any atom is -0.0651 e. The van der Waals surface area contributed by atoms with Crippen LogP contribution in [0.4, 0.5) is 0 Å². The van der Waals surface area contributed by atoms with Crippen LogP contribution >= 0.6 is 7.92 Å². The molecule has 2 rings (SSSR count). The summed E-state index contributed by atoms with van der Waals surface area (Å²) in [7, 11) is -0.189. The lowest BCUT2D eigenvalue weighted by Crippen LogP contribution is -2.15. The van der Waals surface area contributed by atoms with Gasteiger partial charge in [-0.3, -0.25) is 0 Å². The standard InChI is InChI=1S/C18H23P/c1-3-16(2)14-15-19(17-10-6-4-7-11-17)18-12-8-5-9-13-18/h4-13,16H,3,14-15H2,1-2H3. The van der Waals surface area contributed by atoms with Crippen molar-refractivity contribution in [3.8, 4) is 0 Å². The van der Waals surface area contributed by atoms with Crippen molar-refractivity contribution in [2.75, 3.05) is 6.16 Å². The highest BCUT2D eigenvalue weighted by Crippen LogP contribution is 2.35. The third-order valence-electron chi connectivity index (χ3n) is 3.68. The second kappa shape index (κ2) is 7.46. The van der Waals surface area contributed by atoms with Crippen molar-refractivity contribution in [1.82, 2.24) is 0 Å². The molecule has 0 radical (unpaired) electrons. The van der Waals surface area contributed by atoms with Crippen LogP contribution in [0.15, 0.2) is 60.7 Å². The average Bonchev–Trinajstić information content (AvgIpc) is 2.49. The molecule has 2 aromatic rings. The Bertz CT molecular complexity index is 424. The predicted molar refractivity (Wildman–Crippen MR) is 88.0 cm³/mol. The van der Waals surface area contributed by atoms with Crippen LogP contribution in [0.1, 0.15) is 26.7 Å². The summed E-state index contributed by atoms with van der Waals surface area (Å²) in [5.41, 5.74) is 0. The van der Waals surface area contributed by atoms with Gasteiger partial charge in [-0.15, -0.1) is 0 Å². The Morgan fingerprint density at radius 2 is 1.32 bits per heavy atom. The van der Waals surface area contributed by atoms with Gasteiger partial charge in [0.1, 0.15) is 0 Å². The van der Waals surface area contributed by atoms with Gasteiger partial charge in [0.15, 0.2) is 0 Å². The molecule has 19 heavy (non-hydrogen) atoms. The lowest BCUT2D eigenvalue weighted by molar-refractivity contribution is 0.548. The molecule has 0 aromatic heterocycles. The normalized spacial score (nSPS) is 12.6. The van der Waals surface area contributed by atoms with Gasteiger partial charge in [-0.25, -0.2) is 0 Å². The topological polar surface area (TPSA) is 0 Å². The van der Waals surface area contributed by atoms with Gasteiger partial charge in [0.2, 0.25) is 0 Å². The molecule has 0 aliphatic heterocycles. The van der Waals surface area contributed by atoms with E-state index in [0.717, 1.165) is 5.92 Å². The van der Waals surface area contributed by atoms with E-state index < -0.39 is 0 Å². The smallest absolute Gasteiger partial charge is 0.0195 e. The summed E-state index contributed by atoms with van der Waals surface area (Å²) >= 11 is 0. The van der Waals surface area contributed by atoms with E-state index >= 15 is 0 Å². The van der Waals surface area contributed by atoms with Gasteiger partial charge in [0, 0.05) is 0 Å². The summed E-state index contributed by atoms with van der Waals surface area (Å²) in [5.74, 6) is 0.831. The predicted octanol–water partition coefficient (Wildman–Crippen LogP) is 4.56. The Morgan fingerprint density at radius 3 is 1.74 bits per heavy atom. The van der Waals surface area contributed by atoms with E-state index in [1.807, 2.05) is 0 Å². The number of hydrogen-bond acceptors (Lipinski definition) is 0. The molecule has 0 saturated heterocycles. The molecular weight excluding hydrogens is 247 g/mol. The molecule has 0 saturated carbocycles. The third-order valence-corrected chi connectivity index (χ3v) is 6.23. The van der Waals surface area contributed by atoms with Gasteiger partial charge in [-0.1, -0.05) is 80.9 Å². The Kier molecular flexibility index (Phi) is 5.61. The fourth-order valence-corrected chi connectivity index (χ4v) is 4.75. The maximum atomic E-state index is 2.36. The van der Waals surface area contributed by atoms with E-state index in [4.69, 9.17) is 0 Å². The lowest BCUT2D eigenvalue weighted by Gasteiger charge is -2.20. The van der Waals surface area contributed by atoms with Gasteiger partial charge in [-0.05, 0) is 37.0 Å².